The molecule has 5 atom stereocenters. The van der Waals surface area contributed by atoms with Crippen LogP contribution in [0.3, 0.4) is 0 Å². The average Bonchev–Trinajstić information content (AvgIpc) is 3.01. The Labute approximate surface area is 116 Å². The van der Waals surface area contributed by atoms with Crippen molar-refractivity contribution in [3.63, 3.8) is 0 Å². The predicted octanol–water partition coefficient (Wildman–Crippen LogP) is 3.28. The number of rotatable bonds is 3. The normalized spacial score (nSPS) is 43.3. The number of aliphatic carboxylic acids is 1. The zero-order chi connectivity index (χ0) is 13.4. The van der Waals surface area contributed by atoms with Crippen molar-refractivity contribution < 1.29 is 9.90 Å². The van der Waals surface area contributed by atoms with Gasteiger partial charge < -0.3 is 5.11 Å². The second-order valence-corrected chi connectivity index (χ2v) is 6.82. The first-order valence-electron chi connectivity index (χ1n) is 8.22. The van der Waals surface area contributed by atoms with E-state index in [1.807, 2.05) is 0 Å². The molecule has 108 valence electrons. The minimum Gasteiger partial charge on any atom is -0.480 e. The first-order chi connectivity index (χ1) is 9.22. The summed E-state index contributed by atoms with van der Waals surface area (Å²) < 4.78 is 0. The van der Waals surface area contributed by atoms with Crippen LogP contribution in [-0.4, -0.2) is 34.1 Å². The van der Waals surface area contributed by atoms with Gasteiger partial charge in [0, 0.05) is 12.1 Å². The summed E-state index contributed by atoms with van der Waals surface area (Å²) in [5, 5.41) is 9.61. The zero-order valence-corrected chi connectivity index (χ0v) is 12.1. The molecule has 3 nitrogen and oxygen atoms in total. The molecule has 19 heavy (non-hydrogen) atoms. The largest absolute Gasteiger partial charge is 0.480 e. The van der Waals surface area contributed by atoms with Crippen molar-refractivity contribution >= 4 is 5.97 Å². The van der Waals surface area contributed by atoms with Crippen LogP contribution in [0.2, 0.25) is 0 Å². The van der Waals surface area contributed by atoms with E-state index in [2.05, 4.69) is 11.8 Å². The first kappa shape index (κ1) is 13.4. The smallest absolute Gasteiger partial charge is 0.320 e. The summed E-state index contributed by atoms with van der Waals surface area (Å²) in [6.45, 7) is 2.27. The highest BCUT2D eigenvalue weighted by atomic mass is 16.4. The predicted molar refractivity (Wildman–Crippen MR) is 75.0 cm³/mol. The van der Waals surface area contributed by atoms with E-state index in [4.69, 9.17) is 0 Å². The molecular formula is C16H27NO2. The third-order valence-corrected chi connectivity index (χ3v) is 5.95. The quantitative estimate of drug-likeness (QED) is 0.851. The Hall–Kier alpha value is -0.570. The third-order valence-electron chi connectivity index (χ3n) is 5.95. The number of nitrogens with zero attached hydrogens (tertiary/aromatic N) is 1. The van der Waals surface area contributed by atoms with Crippen molar-refractivity contribution in [3.8, 4) is 0 Å². The monoisotopic (exact) mass is 265 g/mol. The number of carboxylic acid groups (broad SMARTS) is 1. The molecule has 3 aliphatic rings. The summed E-state index contributed by atoms with van der Waals surface area (Å²) in [4.78, 5) is 14.1. The van der Waals surface area contributed by atoms with Gasteiger partial charge in [-0.3, -0.25) is 9.69 Å². The average molecular weight is 265 g/mol. The minimum absolute atomic E-state index is 0.190. The number of hydrogen-bond donors (Lipinski definition) is 1. The molecule has 3 heteroatoms. The lowest BCUT2D eigenvalue weighted by Gasteiger charge is -2.39. The van der Waals surface area contributed by atoms with E-state index >= 15 is 0 Å². The van der Waals surface area contributed by atoms with Crippen LogP contribution < -0.4 is 0 Å². The van der Waals surface area contributed by atoms with E-state index in [-0.39, 0.29) is 6.04 Å². The van der Waals surface area contributed by atoms with Crippen LogP contribution in [0.25, 0.3) is 0 Å². The van der Waals surface area contributed by atoms with Gasteiger partial charge in [0.05, 0.1) is 0 Å². The Morgan fingerprint density at radius 1 is 1.11 bits per heavy atom. The molecule has 3 fully saturated rings. The Morgan fingerprint density at radius 2 is 1.84 bits per heavy atom. The van der Waals surface area contributed by atoms with Crippen molar-refractivity contribution in [2.24, 2.45) is 11.8 Å². The lowest BCUT2D eigenvalue weighted by molar-refractivity contribution is -0.144. The summed E-state index contributed by atoms with van der Waals surface area (Å²) in [5.41, 5.74) is 0. The third kappa shape index (κ3) is 2.31. The molecule has 1 saturated heterocycles. The van der Waals surface area contributed by atoms with Gasteiger partial charge in [0.1, 0.15) is 6.04 Å². The minimum atomic E-state index is -0.573. The van der Waals surface area contributed by atoms with Crippen molar-refractivity contribution in [3.05, 3.63) is 0 Å². The van der Waals surface area contributed by atoms with Gasteiger partial charge >= 0.3 is 5.97 Å². The van der Waals surface area contributed by atoms with Gasteiger partial charge in [-0.15, -0.1) is 0 Å². The van der Waals surface area contributed by atoms with E-state index in [0.29, 0.717) is 18.0 Å². The van der Waals surface area contributed by atoms with Gasteiger partial charge in [0.2, 0.25) is 0 Å². The van der Waals surface area contributed by atoms with Crippen LogP contribution >= 0.6 is 0 Å². The van der Waals surface area contributed by atoms with Crippen LogP contribution in [-0.2, 0) is 4.79 Å². The topological polar surface area (TPSA) is 40.5 Å². The number of fused-ring (bicyclic) bond motifs is 1. The highest BCUT2D eigenvalue weighted by molar-refractivity contribution is 5.74. The number of carbonyl (C=O) groups is 1. The maximum atomic E-state index is 11.7. The molecule has 0 aromatic heterocycles. The molecule has 2 aliphatic carbocycles. The van der Waals surface area contributed by atoms with Gasteiger partial charge in [-0.05, 0) is 43.9 Å². The van der Waals surface area contributed by atoms with Crippen LogP contribution in [0.5, 0.6) is 0 Å². The molecule has 0 radical (unpaired) electrons. The Kier molecular flexibility index (Phi) is 3.84. The Balaban J connectivity index is 1.84. The van der Waals surface area contributed by atoms with Crippen molar-refractivity contribution in [1.29, 1.82) is 0 Å². The van der Waals surface area contributed by atoms with E-state index in [9.17, 15) is 9.90 Å². The molecule has 0 amide bonds. The molecule has 0 aromatic carbocycles. The summed E-state index contributed by atoms with van der Waals surface area (Å²) in [5.74, 6) is 0.826. The van der Waals surface area contributed by atoms with Crippen molar-refractivity contribution in [2.75, 3.05) is 0 Å². The number of carboxylic acids is 1. The Bertz CT molecular complexity index is 344. The fourth-order valence-corrected chi connectivity index (χ4v) is 5.09. The fraction of sp³-hybridized carbons (Fsp3) is 0.938. The van der Waals surface area contributed by atoms with Crippen LogP contribution in [0.1, 0.15) is 64.7 Å². The van der Waals surface area contributed by atoms with Crippen molar-refractivity contribution in [1.82, 2.24) is 4.90 Å². The van der Waals surface area contributed by atoms with Crippen LogP contribution in [0, 0.1) is 11.8 Å². The number of hydrogen-bond acceptors (Lipinski definition) is 2. The first-order valence-corrected chi connectivity index (χ1v) is 8.22. The summed E-state index contributed by atoms with van der Waals surface area (Å²) in [6.07, 6.45) is 11.1. The molecule has 0 aromatic rings. The van der Waals surface area contributed by atoms with E-state index < -0.39 is 5.97 Å². The van der Waals surface area contributed by atoms with Gasteiger partial charge in [0.25, 0.3) is 0 Å². The van der Waals surface area contributed by atoms with Gasteiger partial charge in [-0.2, -0.15) is 0 Å². The lowest BCUT2D eigenvalue weighted by Crippen LogP contribution is -2.49. The van der Waals surface area contributed by atoms with Gasteiger partial charge in [-0.1, -0.05) is 32.6 Å². The standard InChI is InChI=1S/C16H27NO2/c1-2-11-7-5-9-13(11)17-14-8-4-3-6-12(14)10-15(17)16(18)19/h11-15H,2-10H2,1H3,(H,18,19). The summed E-state index contributed by atoms with van der Waals surface area (Å²) in [7, 11) is 0. The molecule has 1 N–H and O–H groups in total. The number of likely N-dealkylation sites (tertiary alicyclic amines) is 1. The molecule has 3 rings (SSSR count). The van der Waals surface area contributed by atoms with Gasteiger partial charge in [-0.25, -0.2) is 0 Å². The van der Waals surface area contributed by atoms with Crippen LogP contribution in [0.4, 0.5) is 0 Å². The Morgan fingerprint density at radius 3 is 2.58 bits per heavy atom. The second-order valence-electron chi connectivity index (χ2n) is 6.82. The highest BCUT2D eigenvalue weighted by Gasteiger charge is 2.49. The molecule has 1 aliphatic heterocycles. The second kappa shape index (κ2) is 5.43. The highest BCUT2D eigenvalue weighted by Crippen LogP contribution is 2.45. The molecular weight excluding hydrogens is 238 g/mol. The fourth-order valence-electron chi connectivity index (χ4n) is 5.09. The maximum Gasteiger partial charge on any atom is 0.320 e. The molecule has 2 saturated carbocycles. The van der Waals surface area contributed by atoms with E-state index in [1.54, 1.807) is 0 Å². The zero-order valence-electron chi connectivity index (χ0n) is 12.1. The van der Waals surface area contributed by atoms with Crippen molar-refractivity contribution in [2.45, 2.75) is 82.8 Å². The molecule has 5 unspecified atom stereocenters. The maximum absolute atomic E-state index is 11.7. The van der Waals surface area contributed by atoms with Crippen LogP contribution in [0.15, 0.2) is 0 Å². The molecule has 0 bridgehead atoms. The SMILES string of the molecule is CCC1CCCC1N1C(C(=O)O)CC2CCCCC21. The molecule has 0 spiro atoms. The van der Waals surface area contributed by atoms with Gasteiger partial charge in [0.15, 0.2) is 0 Å². The summed E-state index contributed by atoms with van der Waals surface area (Å²) in [6, 6.07) is 0.941. The van der Waals surface area contributed by atoms with E-state index in [0.717, 1.165) is 12.3 Å². The lowest BCUT2D eigenvalue weighted by atomic mass is 9.84. The van der Waals surface area contributed by atoms with E-state index in [1.165, 1.54) is 51.4 Å². The molecule has 1 heterocycles. The summed E-state index contributed by atoms with van der Waals surface area (Å²) >= 11 is 0.